The predicted octanol–water partition coefficient (Wildman–Crippen LogP) is 3.53. The van der Waals surface area contributed by atoms with Crippen LogP contribution in [0, 0.1) is 25.7 Å². The van der Waals surface area contributed by atoms with E-state index in [0.717, 1.165) is 22.5 Å². The van der Waals surface area contributed by atoms with Gasteiger partial charge >= 0.3 is 0 Å². The molecule has 0 saturated carbocycles. The maximum Gasteiger partial charge on any atom is 0.228 e. The van der Waals surface area contributed by atoms with Crippen LogP contribution in [0.2, 0.25) is 0 Å². The molecular weight excluding hydrogens is 390 g/mol. The summed E-state index contributed by atoms with van der Waals surface area (Å²) in [5.41, 5.74) is 3.93. The van der Waals surface area contributed by atoms with Crippen molar-refractivity contribution in [3.8, 4) is 0 Å². The standard InChI is InChI=1S/C25H29N3O3/c1-17-3-7-21(8-4-17)26-24(30)19-11-13-27(14-12-19)25(31)20-15-23(29)28(16-20)22-9-5-18(2)6-10-22/h3-10,19-20H,11-16H2,1-2H3,(H,26,30)/t20-/m1/s1. The van der Waals surface area contributed by atoms with Crippen molar-refractivity contribution in [2.45, 2.75) is 33.1 Å². The monoisotopic (exact) mass is 419 g/mol. The summed E-state index contributed by atoms with van der Waals surface area (Å²) in [5, 5.41) is 2.98. The van der Waals surface area contributed by atoms with Gasteiger partial charge in [-0.2, -0.15) is 0 Å². The number of hydrogen-bond acceptors (Lipinski definition) is 3. The Hall–Kier alpha value is -3.15. The third kappa shape index (κ3) is 4.79. The molecule has 1 N–H and O–H groups in total. The number of amides is 3. The number of piperidine rings is 1. The van der Waals surface area contributed by atoms with Crippen LogP contribution in [0.1, 0.15) is 30.4 Å². The summed E-state index contributed by atoms with van der Waals surface area (Å²) in [6.07, 6.45) is 1.54. The number of carbonyl (C=O) groups excluding carboxylic acids is 3. The molecule has 2 aromatic rings. The molecule has 0 bridgehead atoms. The Bertz CT molecular complexity index is 961. The normalized spacial score (nSPS) is 19.5. The Labute approximate surface area is 183 Å². The minimum Gasteiger partial charge on any atom is -0.342 e. The molecule has 1 atom stereocenters. The third-order valence-electron chi connectivity index (χ3n) is 6.32. The second-order valence-corrected chi connectivity index (χ2v) is 8.70. The van der Waals surface area contributed by atoms with Crippen LogP contribution in [0.25, 0.3) is 0 Å². The summed E-state index contributed by atoms with van der Waals surface area (Å²) in [5.74, 6) is -0.376. The van der Waals surface area contributed by atoms with E-state index in [1.54, 1.807) is 4.90 Å². The van der Waals surface area contributed by atoms with Gasteiger partial charge in [-0.05, 0) is 51.0 Å². The molecule has 0 aromatic heterocycles. The lowest BCUT2D eigenvalue weighted by atomic mass is 9.94. The van der Waals surface area contributed by atoms with E-state index in [1.165, 1.54) is 0 Å². The second kappa shape index (κ2) is 8.92. The summed E-state index contributed by atoms with van der Waals surface area (Å²) >= 11 is 0. The molecule has 0 unspecified atom stereocenters. The van der Waals surface area contributed by atoms with Crippen molar-refractivity contribution < 1.29 is 14.4 Å². The van der Waals surface area contributed by atoms with E-state index in [1.807, 2.05) is 67.3 Å². The van der Waals surface area contributed by atoms with Crippen molar-refractivity contribution in [2.75, 3.05) is 29.9 Å². The van der Waals surface area contributed by atoms with Crippen molar-refractivity contribution >= 4 is 29.1 Å². The lowest BCUT2D eigenvalue weighted by Gasteiger charge is -2.33. The van der Waals surface area contributed by atoms with Crippen LogP contribution in [0.15, 0.2) is 48.5 Å². The Morgan fingerprint density at radius 2 is 1.45 bits per heavy atom. The van der Waals surface area contributed by atoms with Gasteiger partial charge in [0.2, 0.25) is 17.7 Å². The lowest BCUT2D eigenvalue weighted by Crippen LogP contribution is -2.44. The fourth-order valence-electron chi connectivity index (χ4n) is 4.35. The van der Waals surface area contributed by atoms with Gasteiger partial charge in [-0.3, -0.25) is 14.4 Å². The number of hydrogen-bond donors (Lipinski definition) is 1. The molecule has 3 amide bonds. The summed E-state index contributed by atoms with van der Waals surface area (Å²) in [6.45, 7) is 5.55. The molecule has 6 nitrogen and oxygen atoms in total. The summed E-state index contributed by atoms with van der Waals surface area (Å²) in [6, 6.07) is 15.6. The molecule has 0 spiro atoms. The van der Waals surface area contributed by atoms with Gasteiger partial charge in [-0.25, -0.2) is 0 Å². The average molecular weight is 420 g/mol. The van der Waals surface area contributed by atoms with Gasteiger partial charge < -0.3 is 15.1 Å². The van der Waals surface area contributed by atoms with Crippen LogP contribution in [0.4, 0.5) is 11.4 Å². The van der Waals surface area contributed by atoms with Crippen LogP contribution in [0.5, 0.6) is 0 Å². The molecule has 4 rings (SSSR count). The van der Waals surface area contributed by atoms with E-state index in [0.29, 0.717) is 32.5 Å². The van der Waals surface area contributed by atoms with Gasteiger partial charge in [-0.15, -0.1) is 0 Å². The number of likely N-dealkylation sites (tertiary alicyclic amines) is 1. The van der Waals surface area contributed by atoms with Crippen molar-refractivity contribution in [1.82, 2.24) is 4.90 Å². The Balaban J connectivity index is 1.30. The van der Waals surface area contributed by atoms with E-state index < -0.39 is 0 Å². The van der Waals surface area contributed by atoms with E-state index in [-0.39, 0.29) is 36.0 Å². The highest BCUT2D eigenvalue weighted by Gasteiger charge is 2.38. The summed E-state index contributed by atoms with van der Waals surface area (Å²) < 4.78 is 0. The second-order valence-electron chi connectivity index (χ2n) is 8.70. The van der Waals surface area contributed by atoms with Gasteiger partial charge in [0.1, 0.15) is 0 Å². The number of nitrogens with one attached hydrogen (secondary N) is 1. The highest BCUT2D eigenvalue weighted by atomic mass is 16.2. The van der Waals surface area contributed by atoms with Gasteiger partial charge in [-0.1, -0.05) is 35.4 Å². The highest BCUT2D eigenvalue weighted by molar-refractivity contribution is 6.00. The van der Waals surface area contributed by atoms with Crippen molar-refractivity contribution in [3.63, 3.8) is 0 Å². The van der Waals surface area contributed by atoms with Crippen LogP contribution in [0.3, 0.4) is 0 Å². The minimum absolute atomic E-state index is 0.00503. The molecule has 2 aliphatic heterocycles. The number of aryl methyl sites for hydroxylation is 2. The number of nitrogens with zero attached hydrogens (tertiary/aromatic N) is 2. The Kier molecular flexibility index (Phi) is 6.07. The number of rotatable bonds is 4. The first-order chi connectivity index (χ1) is 14.9. The van der Waals surface area contributed by atoms with Crippen molar-refractivity contribution in [1.29, 1.82) is 0 Å². The van der Waals surface area contributed by atoms with Crippen LogP contribution in [-0.4, -0.2) is 42.3 Å². The van der Waals surface area contributed by atoms with Crippen LogP contribution in [-0.2, 0) is 14.4 Å². The van der Waals surface area contributed by atoms with E-state index in [2.05, 4.69) is 5.32 Å². The number of benzene rings is 2. The molecule has 6 heteroatoms. The molecule has 0 aliphatic carbocycles. The topological polar surface area (TPSA) is 69.7 Å². The zero-order valence-corrected chi connectivity index (χ0v) is 18.1. The molecule has 0 radical (unpaired) electrons. The largest absolute Gasteiger partial charge is 0.342 e. The van der Waals surface area contributed by atoms with Gasteiger partial charge in [0.25, 0.3) is 0 Å². The van der Waals surface area contributed by atoms with Gasteiger partial charge in [0, 0.05) is 43.3 Å². The lowest BCUT2D eigenvalue weighted by molar-refractivity contribution is -0.138. The molecule has 31 heavy (non-hydrogen) atoms. The van der Waals surface area contributed by atoms with Crippen LogP contribution >= 0.6 is 0 Å². The zero-order chi connectivity index (χ0) is 22.0. The van der Waals surface area contributed by atoms with Crippen molar-refractivity contribution in [2.24, 2.45) is 11.8 Å². The molecular formula is C25H29N3O3. The first-order valence-corrected chi connectivity index (χ1v) is 10.9. The molecule has 2 saturated heterocycles. The minimum atomic E-state index is -0.313. The molecule has 2 aliphatic rings. The van der Waals surface area contributed by atoms with Gasteiger partial charge in [0.15, 0.2) is 0 Å². The molecule has 162 valence electrons. The maximum atomic E-state index is 13.0. The first-order valence-electron chi connectivity index (χ1n) is 10.9. The van der Waals surface area contributed by atoms with Crippen molar-refractivity contribution in [3.05, 3.63) is 59.7 Å². The Morgan fingerprint density at radius 3 is 2.06 bits per heavy atom. The van der Waals surface area contributed by atoms with E-state index in [9.17, 15) is 14.4 Å². The number of anilines is 2. The highest BCUT2D eigenvalue weighted by Crippen LogP contribution is 2.28. The first kappa shape index (κ1) is 21.1. The maximum absolute atomic E-state index is 13.0. The molecule has 2 aromatic carbocycles. The SMILES string of the molecule is Cc1ccc(NC(=O)C2CCN(C(=O)[C@@H]3CC(=O)N(c4ccc(C)cc4)C3)CC2)cc1. The third-order valence-corrected chi connectivity index (χ3v) is 6.32. The van der Waals surface area contributed by atoms with Gasteiger partial charge in [0.05, 0.1) is 5.92 Å². The zero-order valence-electron chi connectivity index (χ0n) is 18.1. The van der Waals surface area contributed by atoms with E-state index in [4.69, 9.17) is 0 Å². The quantitative estimate of drug-likeness (QED) is 0.824. The summed E-state index contributed by atoms with van der Waals surface area (Å²) in [4.78, 5) is 41.6. The molecule has 2 heterocycles. The number of carbonyl (C=O) groups is 3. The molecule has 2 fully saturated rings. The fraction of sp³-hybridized carbons (Fsp3) is 0.400. The summed E-state index contributed by atoms with van der Waals surface area (Å²) in [7, 11) is 0. The smallest absolute Gasteiger partial charge is 0.228 e. The fourth-order valence-corrected chi connectivity index (χ4v) is 4.35. The Morgan fingerprint density at radius 1 is 0.871 bits per heavy atom. The predicted molar refractivity (Wildman–Crippen MR) is 121 cm³/mol. The van der Waals surface area contributed by atoms with Crippen LogP contribution < -0.4 is 10.2 Å². The van der Waals surface area contributed by atoms with E-state index >= 15 is 0 Å². The average Bonchev–Trinajstić information content (AvgIpc) is 3.17.